The van der Waals surface area contributed by atoms with E-state index in [9.17, 15) is 0 Å². The number of nitrogens with zero attached hydrogens (tertiary/aromatic N) is 1. The van der Waals surface area contributed by atoms with E-state index in [1.54, 1.807) is 5.01 Å². The predicted molar refractivity (Wildman–Crippen MR) is 77.5 cm³/mol. The zero-order chi connectivity index (χ0) is 13.0. The molecule has 0 aromatic heterocycles. The van der Waals surface area contributed by atoms with Crippen LogP contribution in [0, 0.1) is 0 Å². The lowest BCUT2D eigenvalue weighted by Crippen LogP contribution is -2.31. The summed E-state index contributed by atoms with van der Waals surface area (Å²) in [6, 6.07) is 18.1. The molecule has 2 rings (SSSR count). The molecular formula is C15H17ClN2. The van der Waals surface area contributed by atoms with Crippen LogP contribution in [0.3, 0.4) is 0 Å². The van der Waals surface area contributed by atoms with Crippen LogP contribution in [0.2, 0.25) is 0 Å². The normalized spacial score (nSPS) is 12.2. The summed E-state index contributed by atoms with van der Waals surface area (Å²) in [5, 5.41) is 1.69. The largest absolute Gasteiger partial charge is 0.306 e. The second-order valence-corrected chi connectivity index (χ2v) is 4.94. The van der Waals surface area contributed by atoms with Crippen LogP contribution in [0.25, 0.3) is 0 Å². The molecule has 0 saturated carbocycles. The van der Waals surface area contributed by atoms with Gasteiger partial charge >= 0.3 is 0 Å². The fourth-order valence-electron chi connectivity index (χ4n) is 1.95. The topological polar surface area (TPSA) is 29.3 Å². The van der Waals surface area contributed by atoms with Crippen molar-refractivity contribution in [2.45, 2.75) is 18.8 Å². The summed E-state index contributed by atoms with van der Waals surface area (Å²) >= 11 is 6.17. The van der Waals surface area contributed by atoms with Crippen molar-refractivity contribution in [1.82, 2.24) is 0 Å². The predicted octanol–water partition coefficient (Wildman–Crippen LogP) is 3.87. The standard InChI is InChI=1S/C15H17ClN2/c1-12(16)14-9-5-6-10-15(14)18(17)11-13-7-3-2-4-8-13/h2-10,12H,11,17H2,1H3. The van der Waals surface area contributed by atoms with Gasteiger partial charge in [0, 0.05) is 0 Å². The van der Waals surface area contributed by atoms with Crippen LogP contribution in [-0.2, 0) is 6.54 Å². The Hall–Kier alpha value is -1.51. The van der Waals surface area contributed by atoms with Gasteiger partial charge < -0.3 is 5.01 Å². The maximum absolute atomic E-state index is 6.17. The first-order valence-electron chi connectivity index (χ1n) is 5.97. The molecule has 0 heterocycles. The van der Waals surface area contributed by atoms with Gasteiger partial charge in [0.2, 0.25) is 0 Å². The SMILES string of the molecule is CC(Cl)c1ccccc1N(N)Cc1ccccc1. The molecule has 0 aliphatic heterocycles. The summed E-state index contributed by atoms with van der Waals surface area (Å²) in [7, 11) is 0. The van der Waals surface area contributed by atoms with Crippen molar-refractivity contribution >= 4 is 17.3 Å². The number of anilines is 1. The van der Waals surface area contributed by atoms with Crippen LogP contribution in [0.15, 0.2) is 54.6 Å². The van der Waals surface area contributed by atoms with Gasteiger partial charge in [0.15, 0.2) is 0 Å². The highest BCUT2D eigenvalue weighted by Gasteiger charge is 2.11. The van der Waals surface area contributed by atoms with Gasteiger partial charge in [-0.1, -0.05) is 48.5 Å². The lowest BCUT2D eigenvalue weighted by atomic mass is 10.1. The van der Waals surface area contributed by atoms with Gasteiger partial charge in [-0.15, -0.1) is 11.6 Å². The van der Waals surface area contributed by atoms with Crippen molar-refractivity contribution in [2.24, 2.45) is 5.84 Å². The molecule has 0 spiro atoms. The number of hydrazine groups is 1. The lowest BCUT2D eigenvalue weighted by Gasteiger charge is -2.22. The zero-order valence-electron chi connectivity index (χ0n) is 10.4. The summed E-state index contributed by atoms with van der Waals surface area (Å²) in [4.78, 5) is 0. The van der Waals surface area contributed by atoms with Gasteiger partial charge in [-0.25, -0.2) is 5.84 Å². The quantitative estimate of drug-likeness (QED) is 0.514. The maximum atomic E-state index is 6.17. The van der Waals surface area contributed by atoms with Crippen LogP contribution in [0.4, 0.5) is 5.69 Å². The van der Waals surface area contributed by atoms with E-state index in [1.807, 2.05) is 49.4 Å². The molecule has 0 fully saturated rings. The molecule has 18 heavy (non-hydrogen) atoms. The smallest absolute Gasteiger partial charge is 0.0592 e. The van der Waals surface area contributed by atoms with E-state index in [0.29, 0.717) is 6.54 Å². The second kappa shape index (κ2) is 5.89. The number of hydrogen-bond acceptors (Lipinski definition) is 2. The molecule has 94 valence electrons. The molecule has 0 bridgehead atoms. The highest BCUT2D eigenvalue weighted by Crippen LogP contribution is 2.29. The number of para-hydroxylation sites is 1. The van der Waals surface area contributed by atoms with Crippen molar-refractivity contribution < 1.29 is 0 Å². The van der Waals surface area contributed by atoms with Crippen molar-refractivity contribution in [1.29, 1.82) is 0 Å². The third-order valence-corrected chi connectivity index (χ3v) is 3.11. The fraction of sp³-hybridized carbons (Fsp3) is 0.200. The van der Waals surface area contributed by atoms with Crippen LogP contribution >= 0.6 is 11.6 Å². The Morgan fingerprint density at radius 1 is 1.06 bits per heavy atom. The lowest BCUT2D eigenvalue weighted by molar-refractivity contribution is 0.840. The van der Waals surface area contributed by atoms with E-state index in [0.717, 1.165) is 11.3 Å². The summed E-state index contributed by atoms with van der Waals surface area (Å²) in [6.45, 7) is 2.62. The minimum absolute atomic E-state index is 0.0528. The summed E-state index contributed by atoms with van der Waals surface area (Å²) < 4.78 is 0. The molecule has 2 nitrogen and oxygen atoms in total. The van der Waals surface area contributed by atoms with Gasteiger partial charge in [0.05, 0.1) is 17.6 Å². The van der Waals surface area contributed by atoms with Crippen molar-refractivity contribution in [3.63, 3.8) is 0 Å². The first-order valence-corrected chi connectivity index (χ1v) is 6.41. The molecular weight excluding hydrogens is 244 g/mol. The molecule has 0 amide bonds. The molecule has 2 N–H and O–H groups in total. The third-order valence-electron chi connectivity index (χ3n) is 2.87. The van der Waals surface area contributed by atoms with Crippen molar-refractivity contribution in [3.05, 3.63) is 65.7 Å². The van der Waals surface area contributed by atoms with Gasteiger partial charge in [-0.2, -0.15) is 0 Å². The molecule has 1 atom stereocenters. The Balaban J connectivity index is 2.21. The Morgan fingerprint density at radius 2 is 1.67 bits per heavy atom. The van der Waals surface area contributed by atoms with Crippen LogP contribution in [0.5, 0.6) is 0 Å². The number of alkyl halides is 1. The Labute approximate surface area is 113 Å². The third kappa shape index (κ3) is 3.03. The first kappa shape index (κ1) is 12.9. The Kier molecular flexibility index (Phi) is 4.24. The van der Waals surface area contributed by atoms with E-state index in [4.69, 9.17) is 17.4 Å². The van der Waals surface area contributed by atoms with Crippen molar-refractivity contribution in [2.75, 3.05) is 5.01 Å². The molecule has 0 saturated heterocycles. The van der Waals surface area contributed by atoms with Gasteiger partial charge in [0.1, 0.15) is 0 Å². The van der Waals surface area contributed by atoms with E-state index in [-0.39, 0.29) is 5.38 Å². The van der Waals surface area contributed by atoms with E-state index < -0.39 is 0 Å². The molecule has 2 aromatic rings. The Bertz CT molecular complexity index is 497. The Morgan fingerprint density at radius 3 is 2.33 bits per heavy atom. The van der Waals surface area contributed by atoms with Crippen LogP contribution < -0.4 is 10.9 Å². The summed E-state index contributed by atoms with van der Waals surface area (Å²) in [5.41, 5.74) is 3.21. The first-order chi connectivity index (χ1) is 8.68. The van der Waals surface area contributed by atoms with E-state index in [1.165, 1.54) is 5.56 Å². The van der Waals surface area contributed by atoms with E-state index in [2.05, 4.69) is 12.1 Å². The van der Waals surface area contributed by atoms with E-state index >= 15 is 0 Å². The average Bonchev–Trinajstić information content (AvgIpc) is 2.40. The maximum Gasteiger partial charge on any atom is 0.0592 e. The molecule has 0 aliphatic rings. The van der Waals surface area contributed by atoms with Crippen LogP contribution in [0.1, 0.15) is 23.4 Å². The van der Waals surface area contributed by atoms with Crippen molar-refractivity contribution in [3.8, 4) is 0 Å². The van der Waals surface area contributed by atoms with Gasteiger partial charge in [-0.3, -0.25) is 0 Å². The number of benzene rings is 2. The van der Waals surface area contributed by atoms with Gasteiger partial charge in [0.25, 0.3) is 0 Å². The highest BCUT2D eigenvalue weighted by atomic mass is 35.5. The number of halogens is 1. The average molecular weight is 261 g/mol. The minimum atomic E-state index is -0.0528. The van der Waals surface area contributed by atoms with Gasteiger partial charge in [-0.05, 0) is 24.1 Å². The second-order valence-electron chi connectivity index (χ2n) is 4.29. The minimum Gasteiger partial charge on any atom is -0.306 e. The molecule has 0 radical (unpaired) electrons. The molecule has 3 heteroatoms. The van der Waals surface area contributed by atoms with Crippen LogP contribution in [-0.4, -0.2) is 0 Å². The fourth-order valence-corrected chi connectivity index (χ4v) is 2.14. The summed E-state index contributed by atoms with van der Waals surface area (Å²) in [6.07, 6.45) is 0. The zero-order valence-corrected chi connectivity index (χ0v) is 11.1. The monoisotopic (exact) mass is 260 g/mol. The molecule has 2 aromatic carbocycles. The highest BCUT2D eigenvalue weighted by molar-refractivity contribution is 6.21. The number of hydrogen-bond donors (Lipinski definition) is 1. The molecule has 1 unspecified atom stereocenters. The number of nitrogens with two attached hydrogens (primary N) is 1. The summed E-state index contributed by atoms with van der Waals surface area (Å²) in [5.74, 6) is 6.14. The number of rotatable bonds is 4. The molecule has 0 aliphatic carbocycles.